The fourth-order valence-corrected chi connectivity index (χ4v) is 0.894. The standard InChI is InChI=1S/C14H24O2/c1-11(2)7-8-12(3)9-10-16-13(15)14(4,5)6/h7,11H,9-10H2,1-6H3. The zero-order chi connectivity index (χ0) is 12.8. The predicted octanol–water partition coefficient (Wildman–Crippen LogP) is 3.72. The molecule has 0 spiro atoms. The largest absolute Gasteiger partial charge is 0.465 e. The number of carbonyl (C=O) groups is 1. The van der Waals surface area contributed by atoms with Gasteiger partial charge < -0.3 is 4.74 Å². The van der Waals surface area contributed by atoms with Gasteiger partial charge in [-0.05, 0) is 45.3 Å². The van der Waals surface area contributed by atoms with Crippen LogP contribution in [0.2, 0.25) is 0 Å². The van der Waals surface area contributed by atoms with E-state index in [1.54, 1.807) is 0 Å². The van der Waals surface area contributed by atoms with E-state index in [0.29, 0.717) is 12.5 Å². The Morgan fingerprint density at radius 3 is 2.38 bits per heavy atom. The molecule has 0 amide bonds. The van der Waals surface area contributed by atoms with Crippen molar-refractivity contribution in [3.63, 3.8) is 0 Å². The summed E-state index contributed by atoms with van der Waals surface area (Å²) >= 11 is 0. The maximum atomic E-state index is 11.5. The molecule has 0 aromatic rings. The van der Waals surface area contributed by atoms with Crippen LogP contribution in [0.1, 0.15) is 48.0 Å². The molecular weight excluding hydrogens is 200 g/mol. The highest BCUT2D eigenvalue weighted by atomic mass is 16.5. The molecule has 0 N–H and O–H groups in total. The van der Waals surface area contributed by atoms with E-state index in [9.17, 15) is 4.79 Å². The van der Waals surface area contributed by atoms with E-state index in [1.165, 1.54) is 0 Å². The lowest BCUT2D eigenvalue weighted by Crippen LogP contribution is -2.23. The Morgan fingerprint density at radius 1 is 1.38 bits per heavy atom. The van der Waals surface area contributed by atoms with Crippen LogP contribution < -0.4 is 0 Å². The van der Waals surface area contributed by atoms with Gasteiger partial charge in [0.2, 0.25) is 0 Å². The van der Waals surface area contributed by atoms with E-state index in [4.69, 9.17) is 4.74 Å². The topological polar surface area (TPSA) is 26.3 Å². The van der Waals surface area contributed by atoms with Gasteiger partial charge in [-0.15, -0.1) is 5.73 Å². The van der Waals surface area contributed by atoms with Crippen LogP contribution in [0.3, 0.4) is 0 Å². The molecule has 0 radical (unpaired) electrons. The van der Waals surface area contributed by atoms with E-state index in [-0.39, 0.29) is 5.97 Å². The Labute approximate surface area is 99.4 Å². The van der Waals surface area contributed by atoms with Gasteiger partial charge in [0.05, 0.1) is 12.0 Å². The average molecular weight is 224 g/mol. The number of ether oxygens (including phenoxy) is 1. The maximum Gasteiger partial charge on any atom is 0.311 e. The van der Waals surface area contributed by atoms with Crippen LogP contribution in [0, 0.1) is 11.3 Å². The SMILES string of the molecule is CC(=C=CC(C)C)CCOC(=O)C(C)(C)C. The highest BCUT2D eigenvalue weighted by Gasteiger charge is 2.22. The average Bonchev–Trinajstić information content (AvgIpc) is 2.13. The Morgan fingerprint density at radius 2 is 1.94 bits per heavy atom. The lowest BCUT2D eigenvalue weighted by Gasteiger charge is -2.16. The van der Waals surface area contributed by atoms with E-state index < -0.39 is 5.41 Å². The van der Waals surface area contributed by atoms with Crippen molar-refractivity contribution in [2.45, 2.75) is 48.0 Å². The second-order valence-corrected chi connectivity index (χ2v) is 5.47. The summed E-state index contributed by atoms with van der Waals surface area (Å²) in [6.45, 7) is 12.2. The fourth-order valence-electron chi connectivity index (χ4n) is 0.894. The molecule has 0 rings (SSSR count). The fraction of sp³-hybridized carbons (Fsp3) is 0.714. The van der Waals surface area contributed by atoms with Gasteiger partial charge in [0.1, 0.15) is 0 Å². The molecule has 0 bridgehead atoms. The molecule has 2 nitrogen and oxygen atoms in total. The molecule has 2 heteroatoms. The summed E-state index contributed by atoms with van der Waals surface area (Å²) in [6, 6.07) is 0. The van der Waals surface area contributed by atoms with Crippen LogP contribution in [0.4, 0.5) is 0 Å². The molecule has 0 atom stereocenters. The van der Waals surface area contributed by atoms with Crippen LogP contribution in [-0.2, 0) is 9.53 Å². The summed E-state index contributed by atoms with van der Waals surface area (Å²) in [6.07, 6.45) is 2.78. The van der Waals surface area contributed by atoms with Crippen molar-refractivity contribution in [2.24, 2.45) is 11.3 Å². The summed E-state index contributed by atoms with van der Waals surface area (Å²) in [7, 11) is 0. The van der Waals surface area contributed by atoms with Crippen LogP contribution in [0.5, 0.6) is 0 Å². The van der Waals surface area contributed by atoms with Gasteiger partial charge >= 0.3 is 5.97 Å². The maximum absolute atomic E-state index is 11.5. The number of esters is 1. The Kier molecular flexibility index (Phi) is 6.13. The van der Waals surface area contributed by atoms with Gasteiger partial charge in [0.25, 0.3) is 0 Å². The second kappa shape index (κ2) is 6.55. The van der Waals surface area contributed by atoms with Crippen molar-refractivity contribution >= 4 is 5.97 Å². The van der Waals surface area contributed by atoms with Gasteiger partial charge in [0, 0.05) is 6.42 Å². The highest BCUT2D eigenvalue weighted by molar-refractivity contribution is 5.75. The monoisotopic (exact) mass is 224 g/mol. The van der Waals surface area contributed by atoms with Gasteiger partial charge in [-0.3, -0.25) is 4.79 Å². The lowest BCUT2D eigenvalue weighted by molar-refractivity contribution is -0.152. The van der Waals surface area contributed by atoms with E-state index in [2.05, 4.69) is 19.6 Å². The second-order valence-electron chi connectivity index (χ2n) is 5.47. The molecule has 0 fully saturated rings. The normalized spacial score (nSPS) is 10.9. The van der Waals surface area contributed by atoms with Crippen molar-refractivity contribution in [1.29, 1.82) is 0 Å². The molecule has 0 aromatic carbocycles. The number of carbonyl (C=O) groups excluding carboxylic acids is 1. The quantitative estimate of drug-likeness (QED) is 0.537. The van der Waals surface area contributed by atoms with Crippen molar-refractivity contribution in [1.82, 2.24) is 0 Å². The van der Waals surface area contributed by atoms with Crippen LogP contribution in [-0.4, -0.2) is 12.6 Å². The lowest BCUT2D eigenvalue weighted by atomic mass is 9.97. The van der Waals surface area contributed by atoms with E-state index in [0.717, 1.165) is 12.0 Å². The van der Waals surface area contributed by atoms with E-state index in [1.807, 2.05) is 33.8 Å². The molecule has 0 saturated heterocycles. The Balaban J connectivity index is 4.01. The van der Waals surface area contributed by atoms with Crippen molar-refractivity contribution < 1.29 is 9.53 Å². The highest BCUT2D eigenvalue weighted by Crippen LogP contribution is 2.15. The predicted molar refractivity (Wildman–Crippen MR) is 67.1 cm³/mol. The minimum Gasteiger partial charge on any atom is -0.465 e. The summed E-state index contributed by atoms with van der Waals surface area (Å²) < 4.78 is 5.17. The van der Waals surface area contributed by atoms with E-state index >= 15 is 0 Å². The van der Waals surface area contributed by atoms with Crippen LogP contribution in [0.25, 0.3) is 0 Å². The molecular formula is C14H24O2. The molecule has 0 saturated carbocycles. The van der Waals surface area contributed by atoms with Crippen molar-refractivity contribution in [3.8, 4) is 0 Å². The van der Waals surface area contributed by atoms with Crippen LogP contribution >= 0.6 is 0 Å². The Hall–Kier alpha value is -1.01. The minimum atomic E-state index is -0.411. The molecule has 0 heterocycles. The van der Waals surface area contributed by atoms with Gasteiger partial charge in [-0.1, -0.05) is 13.8 Å². The number of hydrogen-bond donors (Lipinski definition) is 0. The zero-order valence-electron chi connectivity index (χ0n) is 11.4. The molecule has 0 unspecified atom stereocenters. The van der Waals surface area contributed by atoms with Gasteiger partial charge in [-0.25, -0.2) is 0 Å². The zero-order valence-corrected chi connectivity index (χ0v) is 11.4. The molecule has 0 aromatic heterocycles. The third-order valence-electron chi connectivity index (χ3n) is 1.99. The molecule has 0 aliphatic carbocycles. The number of rotatable bonds is 4. The van der Waals surface area contributed by atoms with Crippen molar-refractivity contribution in [2.75, 3.05) is 6.61 Å². The summed E-state index contributed by atoms with van der Waals surface area (Å²) in [5.74, 6) is 0.361. The first-order valence-corrected chi connectivity index (χ1v) is 5.83. The van der Waals surface area contributed by atoms with Crippen molar-refractivity contribution in [3.05, 3.63) is 17.4 Å². The molecule has 92 valence electrons. The molecule has 16 heavy (non-hydrogen) atoms. The summed E-state index contributed by atoms with van der Waals surface area (Å²) in [5, 5.41) is 0. The third-order valence-corrected chi connectivity index (χ3v) is 1.99. The first kappa shape index (κ1) is 15.0. The third kappa shape index (κ3) is 7.30. The molecule has 0 aliphatic rings. The molecule has 0 aliphatic heterocycles. The smallest absolute Gasteiger partial charge is 0.311 e. The minimum absolute atomic E-state index is 0.145. The summed E-state index contributed by atoms with van der Waals surface area (Å²) in [5.41, 5.74) is 3.90. The van der Waals surface area contributed by atoms with Gasteiger partial charge in [-0.2, -0.15) is 0 Å². The first-order valence-electron chi connectivity index (χ1n) is 5.83. The van der Waals surface area contributed by atoms with Crippen LogP contribution in [0.15, 0.2) is 17.4 Å². The summed E-state index contributed by atoms with van der Waals surface area (Å²) in [4.78, 5) is 11.5. The van der Waals surface area contributed by atoms with Gasteiger partial charge in [0.15, 0.2) is 0 Å². The number of hydrogen-bond acceptors (Lipinski definition) is 2. The Bertz CT molecular complexity index is 286. The first-order chi connectivity index (χ1) is 7.23.